The Bertz CT molecular complexity index is 203. The standard InChI is InChI=1S/C14H28N2/c1-13(14(2)7-8-14)15-9-12-16-10-5-3-4-6-11-16/h13,15H,3-12H2,1-2H3. The summed E-state index contributed by atoms with van der Waals surface area (Å²) in [6.07, 6.45) is 8.55. The van der Waals surface area contributed by atoms with Crippen LogP contribution in [-0.2, 0) is 0 Å². The molecule has 1 aliphatic carbocycles. The second kappa shape index (κ2) is 5.50. The second-order valence-corrected chi connectivity index (χ2v) is 6.09. The maximum Gasteiger partial charge on any atom is 0.0107 e. The Labute approximate surface area is 101 Å². The van der Waals surface area contributed by atoms with Crippen molar-refractivity contribution in [3.8, 4) is 0 Å². The minimum absolute atomic E-state index is 0.624. The van der Waals surface area contributed by atoms with E-state index >= 15 is 0 Å². The SMILES string of the molecule is CC(NCCN1CCCCCC1)C1(C)CC1. The van der Waals surface area contributed by atoms with Crippen molar-refractivity contribution in [2.75, 3.05) is 26.2 Å². The zero-order valence-electron chi connectivity index (χ0n) is 11.1. The van der Waals surface area contributed by atoms with Crippen LogP contribution in [0.25, 0.3) is 0 Å². The van der Waals surface area contributed by atoms with Gasteiger partial charge in [0.1, 0.15) is 0 Å². The van der Waals surface area contributed by atoms with Crippen LogP contribution in [0.4, 0.5) is 0 Å². The van der Waals surface area contributed by atoms with Gasteiger partial charge in [-0.05, 0) is 51.1 Å². The molecule has 94 valence electrons. The maximum atomic E-state index is 3.71. The molecule has 1 aliphatic heterocycles. The van der Waals surface area contributed by atoms with Gasteiger partial charge in [-0.3, -0.25) is 0 Å². The second-order valence-electron chi connectivity index (χ2n) is 6.09. The fraction of sp³-hybridized carbons (Fsp3) is 1.00. The van der Waals surface area contributed by atoms with Crippen molar-refractivity contribution in [3.05, 3.63) is 0 Å². The van der Waals surface area contributed by atoms with Crippen molar-refractivity contribution in [3.63, 3.8) is 0 Å². The quantitative estimate of drug-likeness (QED) is 0.772. The molecule has 16 heavy (non-hydrogen) atoms. The van der Waals surface area contributed by atoms with Crippen LogP contribution < -0.4 is 5.32 Å². The molecular weight excluding hydrogens is 196 g/mol. The van der Waals surface area contributed by atoms with Gasteiger partial charge in [0.15, 0.2) is 0 Å². The molecule has 1 saturated carbocycles. The lowest BCUT2D eigenvalue weighted by atomic mass is 10.0. The average molecular weight is 224 g/mol. The van der Waals surface area contributed by atoms with E-state index in [1.807, 2.05) is 0 Å². The average Bonchev–Trinajstić information content (AvgIpc) is 3.04. The predicted molar refractivity (Wildman–Crippen MR) is 69.7 cm³/mol. The molecule has 2 rings (SSSR count). The number of nitrogens with zero attached hydrogens (tertiary/aromatic N) is 1. The van der Waals surface area contributed by atoms with Gasteiger partial charge in [-0.15, -0.1) is 0 Å². The highest BCUT2D eigenvalue weighted by Crippen LogP contribution is 2.47. The van der Waals surface area contributed by atoms with Gasteiger partial charge in [-0.1, -0.05) is 19.8 Å². The summed E-state index contributed by atoms with van der Waals surface area (Å²) in [7, 11) is 0. The van der Waals surface area contributed by atoms with Crippen LogP contribution in [0.15, 0.2) is 0 Å². The van der Waals surface area contributed by atoms with Gasteiger partial charge < -0.3 is 10.2 Å². The molecule has 0 bridgehead atoms. The lowest BCUT2D eigenvalue weighted by molar-refractivity contribution is 0.270. The van der Waals surface area contributed by atoms with E-state index in [0.717, 1.165) is 0 Å². The van der Waals surface area contributed by atoms with Crippen molar-refractivity contribution < 1.29 is 0 Å². The summed E-state index contributed by atoms with van der Waals surface area (Å²) in [6.45, 7) is 9.85. The first-order valence-electron chi connectivity index (χ1n) is 7.16. The molecular formula is C14H28N2. The van der Waals surface area contributed by atoms with E-state index in [-0.39, 0.29) is 0 Å². The van der Waals surface area contributed by atoms with Crippen LogP contribution in [0.3, 0.4) is 0 Å². The van der Waals surface area contributed by atoms with Crippen molar-refractivity contribution in [2.24, 2.45) is 5.41 Å². The number of likely N-dealkylation sites (tertiary alicyclic amines) is 1. The number of hydrogen-bond acceptors (Lipinski definition) is 2. The summed E-state index contributed by atoms with van der Waals surface area (Å²) in [5.41, 5.74) is 0.624. The topological polar surface area (TPSA) is 15.3 Å². The third kappa shape index (κ3) is 3.46. The molecule has 0 radical (unpaired) electrons. The first-order chi connectivity index (χ1) is 7.71. The van der Waals surface area contributed by atoms with Gasteiger partial charge >= 0.3 is 0 Å². The highest BCUT2D eigenvalue weighted by Gasteiger charge is 2.41. The van der Waals surface area contributed by atoms with E-state index in [1.54, 1.807) is 0 Å². The lowest BCUT2D eigenvalue weighted by Gasteiger charge is -2.24. The van der Waals surface area contributed by atoms with Crippen molar-refractivity contribution >= 4 is 0 Å². The molecule has 2 nitrogen and oxygen atoms in total. The zero-order valence-corrected chi connectivity index (χ0v) is 11.1. The fourth-order valence-corrected chi connectivity index (χ4v) is 2.68. The molecule has 1 saturated heterocycles. The Kier molecular flexibility index (Phi) is 4.26. The van der Waals surface area contributed by atoms with Gasteiger partial charge in [0.05, 0.1) is 0 Å². The Hall–Kier alpha value is -0.0800. The Balaban J connectivity index is 1.59. The summed E-state index contributed by atoms with van der Waals surface area (Å²) in [5, 5.41) is 3.71. The summed E-state index contributed by atoms with van der Waals surface area (Å²) in [4.78, 5) is 2.64. The van der Waals surface area contributed by atoms with Crippen LogP contribution in [0.5, 0.6) is 0 Å². The molecule has 0 aromatic heterocycles. The maximum absolute atomic E-state index is 3.71. The minimum Gasteiger partial charge on any atom is -0.312 e. The van der Waals surface area contributed by atoms with Crippen LogP contribution in [0.2, 0.25) is 0 Å². The molecule has 2 aliphatic rings. The third-order valence-corrected chi connectivity index (χ3v) is 4.66. The molecule has 0 spiro atoms. The molecule has 1 N–H and O–H groups in total. The van der Waals surface area contributed by atoms with E-state index in [9.17, 15) is 0 Å². The third-order valence-electron chi connectivity index (χ3n) is 4.66. The molecule has 0 amide bonds. The molecule has 0 aromatic rings. The van der Waals surface area contributed by atoms with Crippen LogP contribution in [-0.4, -0.2) is 37.1 Å². The highest BCUT2D eigenvalue weighted by molar-refractivity contribution is 4.96. The lowest BCUT2D eigenvalue weighted by Crippen LogP contribution is -2.39. The van der Waals surface area contributed by atoms with Gasteiger partial charge in [0.2, 0.25) is 0 Å². The van der Waals surface area contributed by atoms with E-state index in [2.05, 4.69) is 24.1 Å². The van der Waals surface area contributed by atoms with Gasteiger partial charge in [-0.2, -0.15) is 0 Å². The van der Waals surface area contributed by atoms with Crippen LogP contribution in [0.1, 0.15) is 52.4 Å². The molecule has 1 unspecified atom stereocenters. The smallest absolute Gasteiger partial charge is 0.0107 e. The fourth-order valence-electron chi connectivity index (χ4n) is 2.68. The van der Waals surface area contributed by atoms with Crippen molar-refractivity contribution in [1.29, 1.82) is 0 Å². The van der Waals surface area contributed by atoms with Gasteiger partial charge in [0.25, 0.3) is 0 Å². The highest BCUT2D eigenvalue weighted by atomic mass is 15.1. The monoisotopic (exact) mass is 224 g/mol. The van der Waals surface area contributed by atoms with E-state index in [4.69, 9.17) is 0 Å². The van der Waals surface area contributed by atoms with E-state index in [0.29, 0.717) is 11.5 Å². The molecule has 2 fully saturated rings. The first kappa shape index (κ1) is 12.4. The zero-order chi connectivity index (χ0) is 11.4. The van der Waals surface area contributed by atoms with Gasteiger partial charge in [-0.25, -0.2) is 0 Å². The van der Waals surface area contributed by atoms with Gasteiger partial charge in [0, 0.05) is 19.1 Å². The summed E-state index contributed by atoms with van der Waals surface area (Å²) >= 11 is 0. The Morgan fingerprint density at radius 1 is 1.12 bits per heavy atom. The van der Waals surface area contributed by atoms with Crippen molar-refractivity contribution in [1.82, 2.24) is 10.2 Å². The molecule has 1 atom stereocenters. The first-order valence-corrected chi connectivity index (χ1v) is 7.16. The summed E-state index contributed by atoms with van der Waals surface area (Å²) < 4.78 is 0. The minimum atomic E-state index is 0.624. The van der Waals surface area contributed by atoms with E-state index in [1.165, 1.54) is 64.7 Å². The molecule has 1 heterocycles. The number of nitrogens with one attached hydrogen (secondary N) is 1. The largest absolute Gasteiger partial charge is 0.312 e. The molecule has 2 heteroatoms. The van der Waals surface area contributed by atoms with Crippen LogP contribution in [0, 0.1) is 5.41 Å². The predicted octanol–water partition coefficient (Wildman–Crippen LogP) is 2.64. The molecule has 0 aromatic carbocycles. The van der Waals surface area contributed by atoms with E-state index < -0.39 is 0 Å². The van der Waals surface area contributed by atoms with Crippen molar-refractivity contribution in [2.45, 2.75) is 58.4 Å². The summed E-state index contributed by atoms with van der Waals surface area (Å²) in [6, 6.07) is 0.708. The Morgan fingerprint density at radius 2 is 1.75 bits per heavy atom. The normalized spacial score (nSPS) is 27.4. The van der Waals surface area contributed by atoms with Crippen LogP contribution >= 0.6 is 0 Å². The number of rotatable bonds is 5. The Morgan fingerprint density at radius 3 is 2.31 bits per heavy atom. The summed E-state index contributed by atoms with van der Waals surface area (Å²) in [5.74, 6) is 0. The number of hydrogen-bond donors (Lipinski definition) is 1.